The van der Waals surface area contributed by atoms with Gasteiger partial charge in [-0.1, -0.05) is 12.8 Å². The van der Waals surface area contributed by atoms with Crippen LogP contribution in [0, 0.1) is 10.5 Å². The first-order valence-corrected chi connectivity index (χ1v) is 7.66. The fourth-order valence-electron chi connectivity index (χ4n) is 1.95. The van der Waals surface area contributed by atoms with Crippen LogP contribution in [0.1, 0.15) is 37.2 Å². The van der Waals surface area contributed by atoms with Crippen LogP contribution in [-0.2, 0) is 5.75 Å². The third-order valence-corrected chi connectivity index (χ3v) is 5.49. The molecule has 0 aliphatic heterocycles. The molecule has 0 saturated heterocycles. The molecule has 1 N–H and O–H groups in total. The normalized spacial score (nSPS) is 16.9. The number of hydrogen-bond acceptors (Lipinski definition) is 3. The molecule has 5 heteroatoms. The molecule has 0 spiro atoms. The van der Waals surface area contributed by atoms with Crippen LogP contribution in [-0.4, -0.2) is 15.2 Å². The van der Waals surface area contributed by atoms with Gasteiger partial charge in [0.05, 0.1) is 15.0 Å². The molecule has 2 rings (SSSR count). The molecule has 1 aromatic heterocycles. The molecular formula is C11H15IN2OS. The highest BCUT2D eigenvalue weighted by atomic mass is 127. The van der Waals surface area contributed by atoms with Gasteiger partial charge in [-0.25, -0.2) is 4.98 Å². The number of rotatable bonds is 3. The first kappa shape index (κ1) is 12.4. The number of halogens is 1. The summed E-state index contributed by atoms with van der Waals surface area (Å²) in [4.78, 5) is 18.8. The highest BCUT2D eigenvalue weighted by Crippen LogP contribution is 2.30. The lowest BCUT2D eigenvalue weighted by Gasteiger charge is -2.08. The van der Waals surface area contributed by atoms with Gasteiger partial charge in [0.25, 0.3) is 5.56 Å². The second kappa shape index (κ2) is 5.53. The number of thioether (sulfide) groups is 1. The zero-order chi connectivity index (χ0) is 11.5. The van der Waals surface area contributed by atoms with Gasteiger partial charge < -0.3 is 4.98 Å². The van der Waals surface area contributed by atoms with Crippen molar-refractivity contribution < 1.29 is 0 Å². The molecule has 1 aliphatic carbocycles. The molecule has 0 amide bonds. The third kappa shape index (κ3) is 3.00. The molecule has 88 valence electrons. The van der Waals surface area contributed by atoms with Crippen molar-refractivity contribution in [1.29, 1.82) is 0 Å². The average molecular weight is 350 g/mol. The van der Waals surface area contributed by atoms with Crippen molar-refractivity contribution in [2.45, 2.75) is 43.6 Å². The van der Waals surface area contributed by atoms with Crippen LogP contribution in [0.15, 0.2) is 4.79 Å². The molecule has 0 atom stereocenters. The van der Waals surface area contributed by atoms with Crippen molar-refractivity contribution in [3.05, 3.63) is 25.4 Å². The molecule has 1 heterocycles. The zero-order valence-electron chi connectivity index (χ0n) is 9.25. The van der Waals surface area contributed by atoms with E-state index in [0.29, 0.717) is 3.57 Å². The van der Waals surface area contributed by atoms with Crippen LogP contribution in [0.3, 0.4) is 0 Å². The van der Waals surface area contributed by atoms with Crippen molar-refractivity contribution in [1.82, 2.24) is 9.97 Å². The van der Waals surface area contributed by atoms with E-state index in [1.165, 1.54) is 25.7 Å². The quantitative estimate of drug-likeness (QED) is 0.853. The number of hydrogen-bond donors (Lipinski definition) is 1. The van der Waals surface area contributed by atoms with E-state index < -0.39 is 0 Å². The molecule has 0 radical (unpaired) electrons. The van der Waals surface area contributed by atoms with Crippen molar-refractivity contribution in [2.24, 2.45) is 0 Å². The monoisotopic (exact) mass is 350 g/mol. The number of nitrogens with one attached hydrogen (secondary N) is 1. The minimum Gasteiger partial charge on any atom is -0.309 e. The van der Waals surface area contributed by atoms with Crippen molar-refractivity contribution in [3.8, 4) is 0 Å². The van der Waals surface area contributed by atoms with Gasteiger partial charge in [-0.2, -0.15) is 11.8 Å². The molecule has 1 aliphatic rings. The van der Waals surface area contributed by atoms with E-state index in [1.807, 2.05) is 41.3 Å². The Bertz CT molecular complexity index is 426. The first-order chi connectivity index (χ1) is 7.66. The Hall–Kier alpha value is -0.0400. The molecule has 16 heavy (non-hydrogen) atoms. The molecule has 3 nitrogen and oxygen atoms in total. The van der Waals surface area contributed by atoms with Gasteiger partial charge in [0.2, 0.25) is 0 Å². The number of aryl methyl sites for hydroxylation is 1. The second-order valence-corrected chi connectivity index (χ2v) is 6.50. The van der Waals surface area contributed by atoms with Gasteiger partial charge >= 0.3 is 0 Å². The van der Waals surface area contributed by atoms with E-state index in [4.69, 9.17) is 0 Å². The van der Waals surface area contributed by atoms with Crippen LogP contribution >= 0.6 is 34.4 Å². The van der Waals surface area contributed by atoms with E-state index >= 15 is 0 Å². The molecule has 1 saturated carbocycles. The molecule has 0 bridgehead atoms. The third-order valence-electron chi connectivity index (χ3n) is 2.84. The standard InChI is InChI=1S/C11H15IN2OS/c1-7-10(12)11(15)14-9(13-7)6-16-8-4-2-3-5-8/h8H,2-6H2,1H3,(H,13,14,15). The van der Waals surface area contributed by atoms with Gasteiger partial charge in [0.1, 0.15) is 5.82 Å². The van der Waals surface area contributed by atoms with Gasteiger partial charge in [0, 0.05) is 5.25 Å². The summed E-state index contributed by atoms with van der Waals surface area (Å²) in [5, 5.41) is 0.768. The highest BCUT2D eigenvalue weighted by molar-refractivity contribution is 14.1. The fourth-order valence-corrected chi connectivity index (χ4v) is 3.40. The molecular weight excluding hydrogens is 335 g/mol. The Morgan fingerprint density at radius 2 is 2.19 bits per heavy atom. The Balaban J connectivity index is 2.01. The Labute approximate surface area is 113 Å². The lowest BCUT2D eigenvalue weighted by Crippen LogP contribution is -2.16. The number of nitrogens with zero attached hydrogens (tertiary/aromatic N) is 1. The molecule has 1 fully saturated rings. The van der Waals surface area contributed by atoms with E-state index in [-0.39, 0.29) is 5.56 Å². The van der Waals surface area contributed by atoms with E-state index in [1.54, 1.807) is 0 Å². The second-order valence-electron chi connectivity index (χ2n) is 4.13. The predicted octanol–water partition coefficient (Wildman–Crippen LogP) is 2.86. The fraction of sp³-hybridized carbons (Fsp3) is 0.636. The summed E-state index contributed by atoms with van der Waals surface area (Å²) in [6.07, 6.45) is 5.34. The minimum atomic E-state index is -0.00452. The zero-order valence-corrected chi connectivity index (χ0v) is 12.2. The van der Waals surface area contributed by atoms with Crippen molar-refractivity contribution in [2.75, 3.05) is 0 Å². The van der Waals surface area contributed by atoms with Crippen LogP contribution < -0.4 is 5.56 Å². The maximum atomic E-state index is 11.5. The van der Waals surface area contributed by atoms with Gasteiger partial charge in [-0.05, 0) is 42.4 Å². The van der Waals surface area contributed by atoms with E-state index in [9.17, 15) is 4.79 Å². The topological polar surface area (TPSA) is 45.8 Å². The van der Waals surface area contributed by atoms with E-state index in [0.717, 1.165) is 22.5 Å². The van der Waals surface area contributed by atoms with Crippen LogP contribution in [0.4, 0.5) is 0 Å². The summed E-state index contributed by atoms with van der Waals surface area (Å²) in [7, 11) is 0. The van der Waals surface area contributed by atoms with Gasteiger partial charge in [0.15, 0.2) is 0 Å². The van der Waals surface area contributed by atoms with Crippen LogP contribution in [0.5, 0.6) is 0 Å². The SMILES string of the molecule is Cc1nc(CSC2CCCC2)[nH]c(=O)c1I. The summed E-state index contributed by atoms with van der Waals surface area (Å²) >= 11 is 3.96. The van der Waals surface area contributed by atoms with Crippen LogP contribution in [0.25, 0.3) is 0 Å². The number of H-pyrrole nitrogens is 1. The number of aromatic nitrogens is 2. The lowest BCUT2D eigenvalue weighted by molar-refractivity contribution is 0.886. The van der Waals surface area contributed by atoms with Gasteiger partial charge in [-0.3, -0.25) is 4.79 Å². The summed E-state index contributed by atoms with van der Waals surface area (Å²) in [5.74, 6) is 1.65. The molecule has 0 unspecified atom stereocenters. The van der Waals surface area contributed by atoms with E-state index in [2.05, 4.69) is 9.97 Å². The first-order valence-electron chi connectivity index (χ1n) is 5.53. The Morgan fingerprint density at radius 1 is 1.50 bits per heavy atom. The summed E-state index contributed by atoms with van der Waals surface area (Å²) < 4.78 is 0.701. The average Bonchev–Trinajstić information content (AvgIpc) is 2.75. The van der Waals surface area contributed by atoms with Crippen molar-refractivity contribution in [3.63, 3.8) is 0 Å². The maximum Gasteiger partial charge on any atom is 0.264 e. The molecule has 0 aromatic carbocycles. The Morgan fingerprint density at radius 3 is 2.81 bits per heavy atom. The Kier molecular flexibility index (Phi) is 4.29. The highest BCUT2D eigenvalue weighted by Gasteiger charge is 2.16. The smallest absolute Gasteiger partial charge is 0.264 e. The summed E-state index contributed by atoms with van der Waals surface area (Å²) in [6, 6.07) is 0. The largest absolute Gasteiger partial charge is 0.309 e. The van der Waals surface area contributed by atoms with Gasteiger partial charge in [-0.15, -0.1) is 0 Å². The number of aromatic amines is 1. The van der Waals surface area contributed by atoms with Crippen LogP contribution in [0.2, 0.25) is 0 Å². The summed E-state index contributed by atoms with van der Waals surface area (Å²) in [5.41, 5.74) is 0.835. The van der Waals surface area contributed by atoms with Crippen molar-refractivity contribution >= 4 is 34.4 Å². The maximum absolute atomic E-state index is 11.5. The lowest BCUT2D eigenvalue weighted by atomic mass is 10.4. The molecule has 1 aromatic rings. The summed E-state index contributed by atoms with van der Waals surface area (Å²) in [6.45, 7) is 1.89. The predicted molar refractivity (Wildman–Crippen MR) is 75.9 cm³/mol. The minimum absolute atomic E-state index is 0.00452.